The maximum Gasteiger partial charge on any atom is 0.0907 e. The van der Waals surface area contributed by atoms with Crippen molar-refractivity contribution in [3.63, 3.8) is 0 Å². The van der Waals surface area contributed by atoms with E-state index < -0.39 is 5.60 Å². The van der Waals surface area contributed by atoms with Gasteiger partial charge in [-0.1, -0.05) is 0 Å². The third kappa shape index (κ3) is 1.16. The average molecular weight is 171 g/mol. The number of fused-ring (bicyclic) bond motifs is 2. The minimum absolute atomic E-state index is 0.0756. The van der Waals surface area contributed by atoms with Crippen LogP contribution < -0.4 is 0 Å². The standard InChI is InChI=1S/C9H17NO2/c1-10-7-2-3-8(10)5-9(12,4-7)6-11/h7-8,11-12H,2-6H2,1H3/t7-,8+,9?. The van der Waals surface area contributed by atoms with Crippen LogP contribution in [0.3, 0.4) is 0 Å². The molecular formula is C9H17NO2. The fourth-order valence-corrected chi connectivity index (χ4v) is 2.67. The van der Waals surface area contributed by atoms with Gasteiger partial charge in [0.2, 0.25) is 0 Å². The van der Waals surface area contributed by atoms with Gasteiger partial charge in [-0.3, -0.25) is 0 Å². The van der Waals surface area contributed by atoms with Crippen molar-refractivity contribution in [1.82, 2.24) is 4.90 Å². The van der Waals surface area contributed by atoms with Crippen molar-refractivity contribution in [3.05, 3.63) is 0 Å². The molecule has 2 fully saturated rings. The Morgan fingerprint density at radius 2 is 1.83 bits per heavy atom. The zero-order valence-electron chi connectivity index (χ0n) is 7.53. The van der Waals surface area contributed by atoms with E-state index in [9.17, 15) is 5.11 Å². The molecule has 70 valence electrons. The number of rotatable bonds is 1. The highest BCUT2D eigenvalue weighted by Gasteiger charge is 2.45. The van der Waals surface area contributed by atoms with Gasteiger partial charge in [-0.15, -0.1) is 0 Å². The predicted octanol–water partition coefficient (Wildman–Crippen LogP) is -0.0336. The van der Waals surface area contributed by atoms with Crippen LogP contribution in [0.5, 0.6) is 0 Å². The van der Waals surface area contributed by atoms with Gasteiger partial charge in [-0.25, -0.2) is 0 Å². The molecule has 3 nitrogen and oxygen atoms in total. The van der Waals surface area contributed by atoms with Gasteiger partial charge >= 0.3 is 0 Å². The van der Waals surface area contributed by atoms with Crippen LogP contribution in [-0.2, 0) is 0 Å². The normalized spacial score (nSPS) is 48.2. The van der Waals surface area contributed by atoms with Crippen molar-refractivity contribution in [3.8, 4) is 0 Å². The minimum atomic E-state index is -0.779. The van der Waals surface area contributed by atoms with Gasteiger partial charge in [-0.05, 0) is 32.7 Å². The van der Waals surface area contributed by atoms with Crippen molar-refractivity contribution in [2.75, 3.05) is 13.7 Å². The van der Waals surface area contributed by atoms with E-state index in [4.69, 9.17) is 5.11 Å². The Hall–Kier alpha value is -0.120. The van der Waals surface area contributed by atoms with Crippen molar-refractivity contribution in [2.45, 2.75) is 43.4 Å². The van der Waals surface area contributed by atoms with Gasteiger partial charge in [-0.2, -0.15) is 0 Å². The lowest BCUT2D eigenvalue weighted by molar-refractivity contribution is -0.0776. The van der Waals surface area contributed by atoms with Crippen LogP contribution in [0.1, 0.15) is 25.7 Å². The molecular weight excluding hydrogens is 154 g/mol. The predicted molar refractivity (Wildman–Crippen MR) is 45.8 cm³/mol. The summed E-state index contributed by atoms with van der Waals surface area (Å²) in [4.78, 5) is 2.35. The summed E-state index contributed by atoms with van der Waals surface area (Å²) in [5.41, 5.74) is -0.779. The Kier molecular flexibility index (Phi) is 1.90. The Morgan fingerprint density at radius 1 is 1.33 bits per heavy atom. The fraction of sp³-hybridized carbons (Fsp3) is 1.00. The molecule has 0 aromatic rings. The maximum atomic E-state index is 9.90. The number of nitrogens with zero attached hydrogens (tertiary/aromatic N) is 1. The fourth-order valence-electron chi connectivity index (χ4n) is 2.67. The molecule has 2 aliphatic heterocycles. The highest BCUT2D eigenvalue weighted by atomic mass is 16.3. The molecule has 2 saturated heterocycles. The maximum absolute atomic E-state index is 9.90. The van der Waals surface area contributed by atoms with E-state index in [1.54, 1.807) is 0 Å². The second kappa shape index (κ2) is 2.69. The largest absolute Gasteiger partial charge is 0.393 e. The van der Waals surface area contributed by atoms with E-state index in [1.165, 1.54) is 12.8 Å². The lowest BCUT2D eigenvalue weighted by Gasteiger charge is -2.41. The molecule has 2 bridgehead atoms. The molecule has 3 heteroatoms. The Bertz CT molecular complexity index is 169. The molecule has 3 atom stereocenters. The van der Waals surface area contributed by atoms with Crippen LogP contribution in [0, 0.1) is 0 Å². The van der Waals surface area contributed by atoms with Crippen LogP contribution >= 0.6 is 0 Å². The van der Waals surface area contributed by atoms with E-state index in [1.807, 2.05) is 0 Å². The number of aliphatic hydroxyl groups excluding tert-OH is 1. The van der Waals surface area contributed by atoms with Crippen molar-refractivity contribution in [1.29, 1.82) is 0 Å². The molecule has 0 radical (unpaired) electrons. The van der Waals surface area contributed by atoms with Crippen molar-refractivity contribution < 1.29 is 10.2 Å². The summed E-state index contributed by atoms with van der Waals surface area (Å²) in [6.07, 6.45) is 3.86. The molecule has 0 spiro atoms. The first-order valence-electron chi connectivity index (χ1n) is 4.70. The van der Waals surface area contributed by atoms with Gasteiger partial charge in [0.1, 0.15) is 0 Å². The monoisotopic (exact) mass is 171 g/mol. The van der Waals surface area contributed by atoms with E-state index in [-0.39, 0.29) is 6.61 Å². The highest BCUT2D eigenvalue weighted by Crippen LogP contribution is 2.39. The van der Waals surface area contributed by atoms with E-state index in [2.05, 4.69) is 11.9 Å². The zero-order chi connectivity index (χ0) is 8.77. The van der Waals surface area contributed by atoms with Gasteiger partial charge in [0, 0.05) is 12.1 Å². The van der Waals surface area contributed by atoms with Crippen LogP contribution in [0.15, 0.2) is 0 Å². The van der Waals surface area contributed by atoms with Crippen LogP contribution in [0.2, 0.25) is 0 Å². The summed E-state index contributed by atoms with van der Waals surface area (Å²) >= 11 is 0. The Morgan fingerprint density at radius 3 is 2.25 bits per heavy atom. The Balaban J connectivity index is 2.12. The molecule has 2 heterocycles. The van der Waals surface area contributed by atoms with E-state index in [0.717, 1.165) is 12.8 Å². The number of hydrogen-bond donors (Lipinski definition) is 2. The quantitative estimate of drug-likeness (QED) is 0.582. The molecule has 0 amide bonds. The van der Waals surface area contributed by atoms with Crippen LogP contribution in [0.25, 0.3) is 0 Å². The topological polar surface area (TPSA) is 43.7 Å². The molecule has 0 saturated carbocycles. The first kappa shape index (κ1) is 8.48. The number of piperidine rings is 1. The number of hydrogen-bond acceptors (Lipinski definition) is 3. The van der Waals surface area contributed by atoms with Gasteiger partial charge in [0.15, 0.2) is 0 Å². The van der Waals surface area contributed by atoms with Gasteiger partial charge in [0.25, 0.3) is 0 Å². The summed E-state index contributed by atoms with van der Waals surface area (Å²) in [5.74, 6) is 0. The minimum Gasteiger partial charge on any atom is -0.393 e. The van der Waals surface area contributed by atoms with Crippen LogP contribution in [-0.4, -0.2) is 46.5 Å². The Labute approximate surface area is 73.0 Å². The van der Waals surface area contributed by atoms with Crippen molar-refractivity contribution >= 4 is 0 Å². The first-order valence-corrected chi connectivity index (χ1v) is 4.70. The molecule has 1 unspecified atom stereocenters. The second-order valence-corrected chi connectivity index (χ2v) is 4.34. The summed E-state index contributed by atoms with van der Waals surface area (Å²) in [5, 5.41) is 18.9. The molecule has 12 heavy (non-hydrogen) atoms. The molecule has 0 aliphatic carbocycles. The molecule has 2 N–H and O–H groups in total. The SMILES string of the molecule is CN1[C@@H]2CC[C@H]1CC(O)(CO)C2. The van der Waals surface area contributed by atoms with E-state index in [0.29, 0.717) is 12.1 Å². The molecule has 2 aliphatic rings. The summed E-state index contributed by atoms with van der Waals surface area (Å²) in [6, 6.07) is 1.00. The summed E-state index contributed by atoms with van der Waals surface area (Å²) < 4.78 is 0. The summed E-state index contributed by atoms with van der Waals surface area (Å²) in [7, 11) is 2.12. The van der Waals surface area contributed by atoms with Crippen molar-refractivity contribution in [2.24, 2.45) is 0 Å². The molecule has 2 rings (SSSR count). The third-order valence-corrected chi connectivity index (χ3v) is 3.51. The lowest BCUT2D eigenvalue weighted by Crippen LogP contribution is -2.51. The first-order chi connectivity index (χ1) is 5.64. The molecule has 0 aromatic heterocycles. The summed E-state index contributed by atoms with van der Waals surface area (Å²) in [6.45, 7) is -0.0756. The van der Waals surface area contributed by atoms with Gasteiger partial charge < -0.3 is 15.1 Å². The highest BCUT2D eigenvalue weighted by molar-refractivity contribution is 5.00. The van der Waals surface area contributed by atoms with Gasteiger partial charge in [0.05, 0.1) is 12.2 Å². The average Bonchev–Trinajstić information content (AvgIpc) is 2.32. The third-order valence-electron chi connectivity index (χ3n) is 3.51. The lowest BCUT2D eigenvalue weighted by atomic mass is 9.87. The smallest absolute Gasteiger partial charge is 0.0907 e. The second-order valence-electron chi connectivity index (χ2n) is 4.34. The van der Waals surface area contributed by atoms with Crippen LogP contribution in [0.4, 0.5) is 0 Å². The van der Waals surface area contributed by atoms with E-state index >= 15 is 0 Å². The molecule has 0 aromatic carbocycles. The zero-order valence-corrected chi connectivity index (χ0v) is 7.53. The number of aliphatic hydroxyl groups is 2.